The highest BCUT2D eigenvalue weighted by atomic mass is 32.2. The second kappa shape index (κ2) is 11.1. The van der Waals surface area contributed by atoms with E-state index in [1.54, 1.807) is 18.3 Å². The zero-order chi connectivity index (χ0) is 29.6. The van der Waals surface area contributed by atoms with Gasteiger partial charge in [0, 0.05) is 43.5 Å². The Balaban J connectivity index is 1.40. The minimum atomic E-state index is -3.85. The van der Waals surface area contributed by atoms with Crippen LogP contribution < -0.4 is 4.90 Å². The maximum absolute atomic E-state index is 14.0. The maximum Gasteiger partial charge on any atom is 0.304 e. The predicted octanol–water partition coefficient (Wildman–Crippen LogP) is 4.03. The van der Waals surface area contributed by atoms with Gasteiger partial charge in [0.05, 0.1) is 24.2 Å². The highest BCUT2D eigenvalue weighted by Gasteiger charge is 2.39. The van der Waals surface area contributed by atoms with Gasteiger partial charge in [0.15, 0.2) is 0 Å². The summed E-state index contributed by atoms with van der Waals surface area (Å²) in [5.74, 6) is -0.967. The third-order valence-electron chi connectivity index (χ3n) is 8.62. The molecule has 5 heterocycles. The Hall–Kier alpha value is -3.90. The molecule has 2 atom stereocenters. The van der Waals surface area contributed by atoms with Crippen LogP contribution >= 0.6 is 0 Å². The van der Waals surface area contributed by atoms with E-state index < -0.39 is 21.9 Å². The van der Waals surface area contributed by atoms with Crippen LogP contribution in [0.15, 0.2) is 47.5 Å². The Labute approximate surface area is 245 Å². The first kappa shape index (κ1) is 28.2. The Kier molecular flexibility index (Phi) is 7.44. The van der Waals surface area contributed by atoms with Crippen molar-refractivity contribution in [2.75, 3.05) is 18.0 Å². The first-order valence-corrected chi connectivity index (χ1v) is 15.9. The predicted molar refractivity (Wildman–Crippen MR) is 158 cm³/mol. The molecule has 1 fully saturated rings. The summed E-state index contributed by atoms with van der Waals surface area (Å²) >= 11 is 0. The number of carboxylic acid groups (broad SMARTS) is 1. The van der Waals surface area contributed by atoms with Gasteiger partial charge in [0.25, 0.3) is 0 Å². The molecule has 0 aliphatic carbocycles. The number of fused-ring (bicyclic) bond motifs is 4. The minimum Gasteiger partial charge on any atom is -0.481 e. The van der Waals surface area contributed by atoms with E-state index >= 15 is 0 Å². The molecule has 0 radical (unpaired) electrons. The van der Waals surface area contributed by atoms with E-state index in [2.05, 4.69) is 20.2 Å². The zero-order valence-electron chi connectivity index (χ0n) is 24.1. The monoisotopic (exact) mass is 589 g/mol. The molecule has 3 aromatic heterocycles. The number of carbonyl (C=O) groups is 1. The number of piperidine rings is 1. The summed E-state index contributed by atoms with van der Waals surface area (Å²) in [6.45, 7) is 7.71. The van der Waals surface area contributed by atoms with Gasteiger partial charge >= 0.3 is 5.97 Å². The summed E-state index contributed by atoms with van der Waals surface area (Å²) in [6.07, 6.45) is 4.41. The summed E-state index contributed by atoms with van der Waals surface area (Å²) < 4.78 is 31.3. The van der Waals surface area contributed by atoms with Gasteiger partial charge in [-0.05, 0) is 81.0 Å². The Morgan fingerprint density at radius 3 is 2.76 bits per heavy atom. The molecule has 11 nitrogen and oxygen atoms in total. The molecule has 1 aromatic carbocycles. The number of pyridine rings is 2. The molecular formula is C30H35N7O4S. The first-order valence-electron chi connectivity index (χ1n) is 14.4. The Bertz CT molecular complexity index is 1770. The number of anilines is 1. The fourth-order valence-electron chi connectivity index (χ4n) is 6.34. The van der Waals surface area contributed by atoms with Crippen LogP contribution in [0.2, 0.25) is 0 Å². The van der Waals surface area contributed by atoms with Crippen LogP contribution in [0.3, 0.4) is 0 Å². The molecule has 6 rings (SSSR count). The van der Waals surface area contributed by atoms with Crippen molar-refractivity contribution in [3.8, 4) is 0 Å². The van der Waals surface area contributed by atoms with Gasteiger partial charge in [-0.2, -0.15) is 4.31 Å². The summed E-state index contributed by atoms with van der Waals surface area (Å²) in [7, 11) is -3.85. The van der Waals surface area contributed by atoms with Crippen molar-refractivity contribution in [1.82, 2.24) is 29.3 Å². The van der Waals surface area contributed by atoms with Crippen molar-refractivity contribution in [1.29, 1.82) is 0 Å². The number of aryl methyl sites for hydroxylation is 3. The molecule has 4 aromatic rings. The second-order valence-electron chi connectivity index (χ2n) is 11.2. The normalized spacial score (nSPS) is 19.2. The number of benzene rings is 1. The van der Waals surface area contributed by atoms with Gasteiger partial charge in [-0.1, -0.05) is 17.3 Å². The minimum absolute atomic E-state index is 0.0267. The van der Waals surface area contributed by atoms with Crippen LogP contribution in [-0.2, 0) is 27.9 Å². The average Bonchev–Trinajstić information content (AvgIpc) is 3.38. The Morgan fingerprint density at radius 1 is 1.14 bits per heavy atom. The summed E-state index contributed by atoms with van der Waals surface area (Å²) in [5.41, 5.74) is 5.33. The van der Waals surface area contributed by atoms with Crippen LogP contribution in [-0.4, -0.2) is 67.9 Å². The summed E-state index contributed by atoms with van der Waals surface area (Å²) in [5, 5.41) is 18.5. The zero-order valence-corrected chi connectivity index (χ0v) is 24.9. The Morgan fingerprint density at radius 2 is 1.98 bits per heavy atom. The van der Waals surface area contributed by atoms with Crippen molar-refractivity contribution in [2.45, 2.75) is 76.4 Å². The molecule has 42 heavy (non-hydrogen) atoms. The van der Waals surface area contributed by atoms with Crippen molar-refractivity contribution in [3.05, 3.63) is 70.7 Å². The number of hydrogen-bond acceptors (Lipinski definition) is 8. The molecule has 0 saturated carbocycles. The van der Waals surface area contributed by atoms with Crippen molar-refractivity contribution >= 4 is 32.8 Å². The van der Waals surface area contributed by atoms with Crippen molar-refractivity contribution < 1.29 is 18.3 Å². The highest BCUT2D eigenvalue weighted by Crippen LogP contribution is 2.37. The number of nitrogens with zero attached hydrogens (tertiary/aromatic N) is 7. The molecular weight excluding hydrogens is 554 g/mol. The quantitative estimate of drug-likeness (QED) is 0.339. The van der Waals surface area contributed by atoms with Crippen LogP contribution in [0.4, 0.5) is 5.82 Å². The number of aliphatic carboxylic acids is 1. The summed E-state index contributed by atoms with van der Waals surface area (Å²) in [4.78, 5) is 23.9. The number of hydrogen-bond donors (Lipinski definition) is 1. The van der Waals surface area contributed by atoms with Crippen molar-refractivity contribution in [3.63, 3.8) is 0 Å². The van der Waals surface area contributed by atoms with Gasteiger partial charge in [-0.3, -0.25) is 9.78 Å². The third kappa shape index (κ3) is 4.92. The van der Waals surface area contributed by atoms with Gasteiger partial charge in [-0.25, -0.2) is 18.1 Å². The average molecular weight is 590 g/mol. The number of rotatable bonds is 7. The molecule has 1 saturated heterocycles. The number of sulfonamides is 1. The van der Waals surface area contributed by atoms with E-state index in [-0.39, 0.29) is 23.9 Å². The van der Waals surface area contributed by atoms with Crippen LogP contribution in [0.5, 0.6) is 0 Å². The maximum atomic E-state index is 14.0. The summed E-state index contributed by atoms with van der Waals surface area (Å²) in [6, 6.07) is 10.9. The van der Waals surface area contributed by atoms with Crippen LogP contribution in [0, 0.1) is 13.8 Å². The lowest BCUT2D eigenvalue weighted by atomic mass is 9.88. The highest BCUT2D eigenvalue weighted by molar-refractivity contribution is 7.89. The molecule has 0 bridgehead atoms. The van der Waals surface area contributed by atoms with Crippen molar-refractivity contribution in [2.24, 2.45) is 0 Å². The molecule has 1 N–H and O–H groups in total. The SMILES string of the molecule is CCn1nnc2c(C)c(C(CC(=O)O)c3ccc(C)c(CN4C[C@@H]5CCCCN5c5ncccc5S4(=O)=O)n3)ccc21. The lowest BCUT2D eigenvalue weighted by molar-refractivity contribution is -0.137. The second-order valence-corrected chi connectivity index (χ2v) is 13.1. The molecule has 0 spiro atoms. The largest absolute Gasteiger partial charge is 0.481 e. The smallest absolute Gasteiger partial charge is 0.304 e. The first-order chi connectivity index (χ1) is 20.2. The molecule has 12 heteroatoms. The fraction of sp³-hybridized carbons (Fsp3) is 0.433. The van der Waals surface area contributed by atoms with E-state index in [1.807, 2.05) is 49.7 Å². The van der Waals surface area contributed by atoms with Gasteiger partial charge < -0.3 is 10.0 Å². The number of aromatic nitrogens is 5. The lowest BCUT2D eigenvalue weighted by Gasteiger charge is -2.36. The molecule has 2 aliphatic rings. The standard InChI is InChI=1S/C30H35N7O4S/c1-4-37-26-13-11-22(20(3)29(26)33-34-37)23(16-28(38)39)24-12-10-19(2)25(32-24)18-35-17-21-8-5-6-15-36(21)30-27(42(35,40)41)9-7-14-31-30/h7,9-14,21,23H,4-6,8,15-18H2,1-3H3,(H,38,39)/t21-,23?/m0/s1. The van der Waals surface area contributed by atoms with Crippen LogP contribution in [0.1, 0.15) is 66.6 Å². The third-order valence-corrected chi connectivity index (χ3v) is 10.5. The van der Waals surface area contributed by atoms with E-state index in [1.165, 1.54) is 4.31 Å². The van der Waals surface area contributed by atoms with E-state index in [0.29, 0.717) is 30.3 Å². The van der Waals surface area contributed by atoms with Gasteiger partial charge in [-0.15, -0.1) is 5.10 Å². The molecule has 2 aliphatic heterocycles. The van der Waals surface area contributed by atoms with E-state index in [0.717, 1.165) is 53.5 Å². The molecule has 0 amide bonds. The number of carboxylic acids is 1. The molecule has 1 unspecified atom stereocenters. The lowest BCUT2D eigenvalue weighted by Crippen LogP contribution is -2.45. The van der Waals surface area contributed by atoms with E-state index in [9.17, 15) is 18.3 Å². The fourth-order valence-corrected chi connectivity index (χ4v) is 7.93. The topological polar surface area (TPSA) is 134 Å². The van der Waals surface area contributed by atoms with Crippen LogP contribution in [0.25, 0.3) is 11.0 Å². The van der Waals surface area contributed by atoms with Gasteiger partial charge in [0.1, 0.15) is 16.2 Å². The molecule has 220 valence electrons. The van der Waals surface area contributed by atoms with E-state index in [4.69, 9.17) is 4.98 Å². The van der Waals surface area contributed by atoms with Gasteiger partial charge in [0.2, 0.25) is 10.0 Å².